The minimum absolute atomic E-state index is 0.121. The summed E-state index contributed by atoms with van der Waals surface area (Å²) in [6.45, 7) is 2.40. The summed E-state index contributed by atoms with van der Waals surface area (Å²) in [5.74, 6) is -0.597. The van der Waals surface area contributed by atoms with Gasteiger partial charge in [-0.2, -0.15) is 4.37 Å². The Hall–Kier alpha value is -2.41. The maximum Gasteiger partial charge on any atom is 0.273 e. The van der Waals surface area contributed by atoms with Gasteiger partial charge >= 0.3 is 0 Å². The average Bonchev–Trinajstić information content (AvgIpc) is 3.03. The van der Waals surface area contributed by atoms with Crippen molar-refractivity contribution in [3.8, 4) is 0 Å². The van der Waals surface area contributed by atoms with Crippen molar-refractivity contribution < 1.29 is 9.59 Å². The molecule has 0 atom stereocenters. The van der Waals surface area contributed by atoms with Gasteiger partial charge < -0.3 is 16.4 Å². The van der Waals surface area contributed by atoms with Gasteiger partial charge in [-0.3, -0.25) is 9.59 Å². The maximum absolute atomic E-state index is 12.4. The van der Waals surface area contributed by atoms with Crippen LogP contribution in [0.15, 0.2) is 24.3 Å². The number of rotatable bonds is 5. The molecule has 4 N–H and O–H groups in total. The number of carbonyl (C=O) groups is 2. The molecule has 0 saturated heterocycles. The van der Waals surface area contributed by atoms with Crippen LogP contribution in [0.2, 0.25) is 0 Å². The molecule has 26 heavy (non-hydrogen) atoms. The van der Waals surface area contributed by atoms with Crippen LogP contribution < -0.4 is 16.4 Å². The molecule has 1 aromatic carbocycles. The maximum atomic E-state index is 12.4. The first-order valence-corrected chi connectivity index (χ1v) is 9.71. The van der Waals surface area contributed by atoms with E-state index in [2.05, 4.69) is 15.0 Å². The van der Waals surface area contributed by atoms with Crippen LogP contribution in [0.25, 0.3) is 0 Å². The first kappa shape index (κ1) is 18.4. The van der Waals surface area contributed by atoms with Crippen LogP contribution in [-0.4, -0.2) is 22.2 Å². The van der Waals surface area contributed by atoms with Crippen LogP contribution in [-0.2, 0) is 6.54 Å². The van der Waals surface area contributed by atoms with E-state index < -0.39 is 0 Å². The summed E-state index contributed by atoms with van der Waals surface area (Å²) < 4.78 is 4.10. The number of aryl methyl sites for hydroxylation is 1. The predicted molar refractivity (Wildman–Crippen MR) is 103 cm³/mol. The molecule has 3 rings (SSSR count). The molecule has 1 saturated carbocycles. The molecule has 1 aromatic heterocycles. The number of nitrogens with two attached hydrogens (primary N) is 1. The van der Waals surface area contributed by atoms with Gasteiger partial charge in [0.15, 0.2) is 5.69 Å². The van der Waals surface area contributed by atoms with E-state index in [9.17, 15) is 9.59 Å². The number of nitrogens with one attached hydrogen (secondary N) is 2. The summed E-state index contributed by atoms with van der Waals surface area (Å²) in [7, 11) is 0. The Morgan fingerprint density at radius 3 is 2.54 bits per heavy atom. The van der Waals surface area contributed by atoms with E-state index in [1.807, 2.05) is 31.2 Å². The van der Waals surface area contributed by atoms with Crippen LogP contribution in [0.4, 0.5) is 5.69 Å². The van der Waals surface area contributed by atoms with Gasteiger partial charge in [0.05, 0.1) is 5.69 Å². The van der Waals surface area contributed by atoms with E-state index in [4.69, 9.17) is 5.73 Å². The monoisotopic (exact) mass is 372 g/mol. The Labute approximate surface area is 157 Å². The molecular weight excluding hydrogens is 348 g/mol. The fraction of sp³-hybridized carbons (Fsp3) is 0.421. The molecule has 0 bridgehead atoms. The van der Waals surface area contributed by atoms with Crippen molar-refractivity contribution in [3.63, 3.8) is 0 Å². The number of benzene rings is 1. The summed E-state index contributed by atoms with van der Waals surface area (Å²) in [5.41, 5.74) is 8.46. The highest BCUT2D eigenvalue weighted by Crippen LogP contribution is 2.23. The molecule has 0 aliphatic heterocycles. The number of carbonyl (C=O) groups excluding carboxylic acids is 2. The van der Waals surface area contributed by atoms with Crippen molar-refractivity contribution in [1.29, 1.82) is 0 Å². The normalized spacial score (nSPS) is 14.8. The lowest BCUT2D eigenvalue weighted by atomic mass is 9.95. The largest absolute Gasteiger partial charge is 0.395 e. The van der Waals surface area contributed by atoms with Gasteiger partial charge in [-0.25, -0.2) is 0 Å². The third-order valence-corrected chi connectivity index (χ3v) is 5.53. The zero-order valence-electron chi connectivity index (χ0n) is 14.9. The number of anilines is 1. The minimum Gasteiger partial charge on any atom is -0.395 e. The van der Waals surface area contributed by atoms with Gasteiger partial charge in [-0.05, 0) is 36.9 Å². The summed E-state index contributed by atoms with van der Waals surface area (Å²) in [5, 5.41) is 5.81. The molecule has 1 aliphatic rings. The van der Waals surface area contributed by atoms with Crippen molar-refractivity contribution in [2.45, 2.75) is 51.6 Å². The number of nitrogens with zero attached hydrogens (tertiary/aromatic N) is 1. The van der Waals surface area contributed by atoms with Crippen LogP contribution >= 0.6 is 11.5 Å². The fourth-order valence-electron chi connectivity index (χ4n) is 3.09. The number of hydrogen-bond donors (Lipinski definition) is 3. The summed E-state index contributed by atoms with van der Waals surface area (Å²) in [4.78, 5) is 25.1. The van der Waals surface area contributed by atoms with Crippen molar-refractivity contribution >= 4 is 29.0 Å². The van der Waals surface area contributed by atoms with Crippen molar-refractivity contribution in [1.82, 2.24) is 15.0 Å². The summed E-state index contributed by atoms with van der Waals surface area (Å²) in [6.07, 6.45) is 5.48. The molecule has 0 spiro atoms. The smallest absolute Gasteiger partial charge is 0.273 e. The fourth-order valence-corrected chi connectivity index (χ4v) is 3.80. The van der Waals surface area contributed by atoms with E-state index in [0.29, 0.717) is 11.4 Å². The lowest BCUT2D eigenvalue weighted by Gasteiger charge is -2.22. The molecule has 2 amide bonds. The van der Waals surface area contributed by atoms with Gasteiger partial charge in [0.25, 0.3) is 11.8 Å². The van der Waals surface area contributed by atoms with E-state index in [1.165, 1.54) is 6.42 Å². The van der Waals surface area contributed by atoms with Crippen molar-refractivity contribution in [2.24, 2.45) is 0 Å². The molecule has 138 valence electrons. The number of nitrogen functional groups attached to an aromatic ring is 1. The highest BCUT2D eigenvalue weighted by Gasteiger charge is 2.24. The quantitative estimate of drug-likeness (QED) is 0.751. The molecule has 0 radical (unpaired) electrons. The molecule has 7 heteroatoms. The molecule has 6 nitrogen and oxygen atoms in total. The van der Waals surface area contributed by atoms with Crippen LogP contribution in [0, 0.1) is 6.92 Å². The van der Waals surface area contributed by atoms with E-state index in [0.717, 1.165) is 48.3 Å². The average molecular weight is 372 g/mol. The first-order chi connectivity index (χ1) is 12.5. The Kier molecular flexibility index (Phi) is 5.88. The zero-order valence-corrected chi connectivity index (χ0v) is 15.7. The number of aromatic nitrogens is 1. The molecule has 1 fully saturated rings. The lowest BCUT2D eigenvalue weighted by Crippen LogP contribution is -2.36. The van der Waals surface area contributed by atoms with E-state index in [-0.39, 0.29) is 29.2 Å². The van der Waals surface area contributed by atoms with Gasteiger partial charge in [0.2, 0.25) is 0 Å². The zero-order chi connectivity index (χ0) is 18.5. The first-order valence-electron chi connectivity index (χ1n) is 8.94. The second-order valence-corrected chi connectivity index (χ2v) is 7.52. The molecule has 1 aliphatic carbocycles. The molecule has 1 heterocycles. The SMILES string of the molecule is Cc1ccc(CNC(=O)c2nsc(C(=O)NC3CCCCC3)c2N)cc1. The number of hydrogen-bond acceptors (Lipinski definition) is 5. The van der Waals surface area contributed by atoms with Gasteiger partial charge in [0.1, 0.15) is 4.88 Å². The van der Waals surface area contributed by atoms with Crippen LogP contribution in [0.3, 0.4) is 0 Å². The predicted octanol–water partition coefficient (Wildman–Crippen LogP) is 3.03. The minimum atomic E-state index is -0.365. The van der Waals surface area contributed by atoms with Crippen molar-refractivity contribution in [3.05, 3.63) is 46.0 Å². The summed E-state index contributed by atoms with van der Waals surface area (Å²) >= 11 is 0.977. The second-order valence-electron chi connectivity index (χ2n) is 6.75. The Morgan fingerprint density at radius 2 is 1.85 bits per heavy atom. The molecule has 0 unspecified atom stereocenters. The van der Waals surface area contributed by atoms with Crippen LogP contribution in [0.1, 0.15) is 63.4 Å². The third-order valence-electron chi connectivity index (χ3n) is 4.66. The highest BCUT2D eigenvalue weighted by atomic mass is 32.1. The molecular formula is C19H24N4O2S. The van der Waals surface area contributed by atoms with Gasteiger partial charge in [-0.1, -0.05) is 49.1 Å². The van der Waals surface area contributed by atoms with Crippen LogP contribution in [0.5, 0.6) is 0 Å². The second kappa shape index (κ2) is 8.31. The Morgan fingerprint density at radius 1 is 1.15 bits per heavy atom. The Bertz CT molecular complexity index is 779. The van der Waals surface area contributed by atoms with E-state index >= 15 is 0 Å². The van der Waals surface area contributed by atoms with Gasteiger partial charge in [-0.15, -0.1) is 0 Å². The van der Waals surface area contributed by atoms with E-state index in [1.54, 1.807) is 0 Å². The van der Waals surface area contributed by atoms with Crippen molar-refractivity contribution in [2.75, 3.05) is 5.73 Å². The number of amides is 2. The molecule has 2 aromatic rings. The summed E-state index contributed by atoms with van der Waals surface area (Å²) in [6, 6.07) is 8.10. The third kappa shape index (κ3) is 4.40. The standard InChI is InChI=1S/C19H24N4O2S/c1-12-7-9-13(10-8-12)11-21-18(24)16-15(20)17(26-23-16)19(25)22-14-5-3-2-4-6-14/h7-10,14H,2-6,11,20H2,1H3,(H,21,24)(H,22,25). The lowest BCUT2D eigenvalue weighted by molar-refractivity contribution is 0.0932. The highest BCUT2D eigenvalue weighted by molar-refractivity contribution is 7.09. The Balaban J connectivity index is 1.60. The topological polar surface area (TPSA) is 97.1 Å². The van der Waals surface area contributed by atoms with Gasteiger partial charge in [0, 0.05) is 12.6 Å².